The van der Waals surface area contributed by atoms with E-state index < -0.39 is 0 Å². The number of halogens is 1. The summed E-state index contributed by atoms with van der Waals surface area (Å²) >= 11 is 8.36. The van der Waals surface area contributed by atoms with Crippen LogP contribution in [0, 0.1) is 0 Å². The van der Waals surface area contributed by atoms with Gasteiger partial charge in [0.15, 0.2) is 5.78 Å². The quantitative estimate of drug-likeness (QED) is 0.808. The summed E-state index contributed by atoms with van der Waals surface area (Å²) in [5.41, 5.74) is 2.74. The van der Waals surface area contributed by atoms with Crippen LogP contribution in [0.15, 0.2) is 42.5 Å². The van der Waals surface area contributed by atoms with E-state index in [-0.39, 0.29) is 11.7 Å². The third kappa shape index (κ3) is 4.35. The van der Waals surface area contributed by atoms with E-state index in [1.807, 2.05) is 23.9 Å². The fraction of sp³-hybridized carbons (Fsp3) is 0.263. The number of anilines is 2. The first-order chi connectivity index (χ1) is 12.0. The SMILES string of the molecule is CC(=O)c1ccc(C(=O)Nc2ccc(N3CCSCC3)c(Cl)c2)cc1. The third-order valence-corrected chi connectivity index (χ3v) is 5.36. The van der Waals surface area contributed by atoms with Gasteiger partial charge in [-0.25, -0.2) is 0 Å². The Bertz CT molecular complexity index is 787. The predicted molar refractivity (Wildman–Crippen MR) is 105 cm³/mol. The molecule has 1 N–H and O–H groups in total. The third-order valence-electron chi connectivity index (χ3n) is 4.11. The van der Waals surface area contributed by atoms with E-state index in [1.54, 1.807) is 30.3 Å². The van der Waals surface area contributed by atoms with Crippen molar-refractivity contribution in [2.24, 2.45) is 0 Å². The first-order valence-electron chi connectivity index (χ1n) is 8.09. The number of carbonyl (C=O) groups is 2. The van der Waals surface area contributed by atoms with E-state index in [9.17, 15) is 9.59 Å². The maximum atomic E-state index is 12.3. The normalized spacial score (nSPS) is 14.2. The van der Waals surface area contributed by atoms with Gasteiger partial charge in [0, 0.05) is 41.4 Å². The molecular weight excluding hydrogens is 356 g/mol. The molecule has 130 valence electrons. The van der Waals surface area contributed by atoms with Gasteiger partial charge in [-0.2, -0.15) is 11.8 Å². The Kier molecular flexibility index (Phi) is 5.66. The Morgan fingerprint density at radius 1 is 1.04 bits per heavy atom. The first kappa shape index (κ1) is 17.8. The number of rotatable bonds is 4. The highest BCUT2D eigenvalue weighted by Gasteiger charge is 2.15. The molecule has 1 aliphatic rings. The second-order valence-electron chi connectivity index (χ2n) is 5.85. The zero-order chi connectivity index (χ0) is 17.8. The molecule has 1 heterocycles. The summed E-state index contributed by atoms with van der Waals surface area (Å²) in [6, 6.07) is 12.2. The number of ketones is 1. The predicted octanol–water partition coefficient (Wildman–Crippen LogP) is 4.35. The molecule has 1 aliphatic heterocycles. The van der Waals surface area contributed by atoms with Crippen molar-refractivity contribution in [2.75, 3.05) is 34.8 Å². The lowest BCUT2D eigenvalue weighted by molar-refractivity contribution is 0.101. The van der Waals surface area contributed by atoms with Gasteiger partial charge in [0.1, 0.15) is 0 Å². The second kappa shape index (κ2) is 7.93. The average Bonchev–Trinajstić information content (AvgIpc) is 2.62. The fourth-order valence-electron chi connectivity index (χ4n) is 2.70. The molecule has 0 spiro atoms. The summed E-state index contributed by atoms with van der Waals surface area (Å²) < 4.78 is 0. The van der Waals surface area contributed by atoms with Gasteiger partial charge in [0.05, 0.1) is 10.7 Å². The van der Waals surface area contributed by atoms with E-state index in [2.05, 4.69) is 10.2 Å². The molecule has 3 rings (SSSR count). The molecule has 0 aliphatic carbocycles. The Morgan fingerprint density at radius 3 is 2.28 bits per heavy atom. The highest BCUT2D eigenvalue weighted by molar-refractivity contribution is 7.99. The molecule has 1 amide bonds. The Hall–Kier alpha value is -1.98. The standard InChI is InChI=1S/C19H19ClN2O2S/c1-13(23)14-2-4-15(5-3-14)19(24)21-16-6-7-18(17(20)12-16)22-8-10-25-11-9-22/h2-7,12H,8-11H2,1H3,(H,21,24). The van der Waals surface area contributed by atoms with Crippen molar-refractivity contribution in [3.05, 3.63) is 58.6 Å². The van der Waals surface area contributed by atoms with Crippen molar-refractivity contribution in [1.29, 1.82) is 0 Å². The number of hydrogen-bond acceptors (Lipinski definition) is 4. The lowest BCUT2D eigenvalue weighted by atomic mass is 10.1. The number of thioether (sulfide) groups is 1. The lowest BCUT2D eigenvalue weighted by Gasteiger charge is -2.29. The van der Waals surface area contributed by atoms with Crippen LogP contribution < -0.4 is 10.2 Å². The van der Waals surface area contributed by atoms with E-state index in [1.165, 1.54) is 6.92 Å². The highest BCUT2D eigenvalue weighted by atomic mass is 35.5. The van der Waals surface area contributed by atoms with Gasteiger partial charge >= 0.3 is 0 Å². The highest BCUT2D eigenvalue weighted by Crippen LogP contribution is 2.30. The monoisotopic (exact) mass is 374 g/mol. The molecule has 25 heavy (non-hydrogen) atoms. The van der Waals surface area contributed by atoms with Crippen molar-refractivity contribution in [3.63, 3.8) is 0 Å². The maximum Gasteiger partial charge on any atom is 0.255 e. The fourth-order valence-corrected chi connectivity index (χ4v) is 3.91. The van der Waals surface area contributed by atoms with Crippen LogP contribution in [0.1, 0.15) is 27.6 Å². The summed E-state index contributed by atoms with van der Waals surface area (Å²) in [6.45, 7) is 3.47. The molecule has 0 aromatic heterocycles. The van der Waals surface area contributed by atoms with Crippen molar-refractivity contribution in [1.82, 2.24) is 0 Å². The van der Waals surface area contributed by atoms with Crippen LogP contribution in [0.5, 0.6) is 0 Å². The molecule has 2 aromatic rings. The lowest BCUT2D eigenvalue weighted by Crippen LogP contribution is -2.32. The molecule has 0 radical (unpaired) electrons. The number of Topliss-reactive ketones (excluding diaryl/α,β-unsaturated/α-hetero) is 1. The topological polar surface area (TPSA) is 49.4 Å². The number of benzene rings is 2. The number of nitrogens with one attached hydrogen (secondary N) is 1. The van der Waals surface area contributed by atoms with E-state index in [4.69, 9.17) is 11.6 Å². The summed E-state index contributed by atoms with van der Waals surface area (Å²) in [4.78, 5) is 25.9. The van der Waals surface area contributed by atoms with Crippen LogP contribution in [-0.2, 0) is 0 Å². The van der Waals surface area contributed by atoms with Crippen molar-refractivity contribution in [3.8, 4) is 0 Å². The molecule has 1 saturated heterocycles. The van der Waals surface area contributed by atoms with Crippen LogP contribution in [-0.4, -0.2) is 36.3 Å². The van der Waals surface area contributed by atoms with Crippen LogP contribution >= 0.6 is 23.4 Å². The van der Waals surface area contributed by atoms with Gasteiger partial charge < -0.3 is 10.2 Å². The largest absolute Gasteiger partial charge is 0.369 e. The van der Waals surface area contributed by atoms with Crippen LogP contribution in [0.3, 0.4) is 0 Å². The Morgan fingerprint density at radius 2 is 1.68 bits per heavy atom. The molecule has 1 fully saturated rings. The number of nitrogens with zero attached hydrogens (tertiary/aromatic N) is 1. The molecule has 0 unspecified atom stereocenters. The summed E-state index contributed by atoms with van der Waals surface area (Å²) in [6.07, 6.45) is 0. The number of hydrogen-bond donors (Lipinski definition) is 1. The van der Waals surface area contributed by atoms with Crippen molar-refractivity contribution in [2.45, 2.75) is 6.92 Å². The van der Waals surface area contributed by atoms with Gasteiger partial charge in [-0.3, -0.25) is 9.59 Å². The summed E-state index contributed by atoms with van der Waals surface area (Å²) in [5, 5.41) is 3.48. The van der Waals surface area contributed by atoms with Gasteiger partial charge in [-0.05, 0) is 37.3 Å². The zero-order valence-electron chi connectivity index (χ0n) is 13.9. The Labute approximate surface area is 156 Å². The van der Waals surface area contributed by atoms with Gasteiger partial charge in [-0.1, -0.05) is 23.7 Å². The smallest absolute Gasteiger partial charge is 0.255 e. The molecule has 2 aromatic carbocycles. The summed E-state index contributed by atoms with van der Waals surface area (Å²) in [7, 11) is 0. The van der Waals surface area contributed by atoms with E-state index in [0.29, 0.717) is 21.8 Å². The zero-order valence-corrected chi connectivity index (χ0v) is 15.5. The van der Waals surface area contributed by atoms with Gasteiger partial charge in [-0.15, -0.1) is 0 Å². The molecule has 6 heteroatoms. The van der Waals surface area contributed by atoms with Crippen LogP contribution in [0.25, 0.3) is 0 Å². The van der Waals surface area contributed by atoms with E-state index in [0.717, 1.165) is 30.3 Å². The number of carbonyl (C=O) groups excluding carboxylic acids is 2. The average molecular weight is 375 g/mol. The van der Waals surface area contributed by atoms with Crippen molar-refractivity contribution >= 4 is 46.4 Å². The number of amides is 1. The molecular formula is C19H19ClN2O2S. The van der Waals surface area contributed by atoms with Gasteiger partial charge in [0.25, 0.3) is 5.91 Å². The first-order valence-corrected chi connectivity index (χ1v) is 9.62. The van der Waals surface area contributed by atoms with E-state index >= 15 is 0 Å². The second-order valence-corrected chi connectivity index (χ2v) is 7.49. The van der Waals surface area contributed by atoms with Crippen molar-refractivity contribution < 1.29 is 9.59 Å². The minimum atomic E-state index is -0.228. The van der Waals surface area contributed by atoms with Gasteiger partial charge in [0.2, 0.25) is 0 Å². The molecule has 0 bridgehead atoms. The Balaban J connectivity index is 1.70. The minimum Gasteiger partial charge on any atom is -0.369 e. The molecule has 0 atom stereocenters. The summed E-state index contributed by atoms with van der Waals surface area (Å²) in [5.74, 6) is 1.95. The maximum absolute atomic E-state index is 12.3. The molecule has 0 saturated carbocycles. The van der Waals surface area contributed by atoms with Crippen LogP contribution in [0.2, 0.25) is 5.02 Å². The van der Waals surface area contributed by atoms with Crippen LogP contribution in [0.4, 0.5) is 11.4 Å². The molecule has 4 nitrogen and oxygen atoms in total. The minimum absolute atomic E-state index is 0.0227.